The van der Waals surface area contributed by atoms with Crippen LogP contribution in [0, 0.1) is 0 Å². The number of hydrogen-bond acceptors (Lipinski definition) is 7. The smallest absolute Gasteiger partial charge is 0.462 e. The maximum atomic E-state index is 12.9. The Morgan fingerprint density at radius 2 is 0.695 bits per heavy atom. The van der Waals surface area contributed by atoms with Crippen LogP contribution in [0.25, 0.3) is 0 Å². The molecule has 82 heavy (non-hydrogen) atoms. The number of carbonyl (C=O) groups excluding carboxylic acids is 2. The Hall–Kier alpha value is -3.33. The maximum absolute atomic E-state index is 12.9. The molecule has 0 heterocycles. The van der Waals surface area contributed by atoms with Gasteiger partial charge in [0.1, 0.15) is 19.8 Å². The lowest BCUT2D eigenvalue weighted by molar-refractivity contribution is -0.870. The zero-order valence-corrected chi connectivity index (χ0v) is 54.6. The number of unbranched alkanes of at least 4 members (excludes halogenated alkanes) is 29. The number of nitrogens with zero attached hydrogens (tertiary/aromatic N) is 1. The first kappa shape index (κ1) is 78.7. The van der Waals surface area contributed by atoms with Gasteiger partial charge in [-0.25, -0.2) is 4.57 Å². The molecule has 0 aromatic carbocycles. The molecule has 0 spiro atoms. The van der Waals surface area contributed by atoms with Crippen LogP contribution in [0.1, 0.15) is 284 Å². The second-order valence-electron chi connectivity index (χ2n) is 23.5. The molecule has 2 unspecified atom stereocenters. The Labute approximate surface area is 506 Å². The lowest BCUT2D eigenvalue weighted by Crippen LogP contribution is -2.37. The van der Waals surface area contributed by atoms with Gasteiger partial charge in [-0.1, -0.05) is 277 Å². The highest BCUT2D eigenvalue weighted by atomic mass is 31.2. The Morgan fingerprint density at radius 1 is 0.390 bits per heavy atom. The highest BCUT2D eigenvalue weighted by Gasteiger charge is 2.27. The van der Waals surface area contributed by atoms with Crippen molar-refractivity contribution in [3.05, 3.63) is 109 Å². The van der Waals surface area contributed by atoms with E-state index in [0.29, 0.717) is 17.4 Å². The number of carbonyl (C=O) groups is 2. The van der Waals surface area contributed by atoms with Crippen molar-refractivity contribution in [2.75, 3.05) is 47.5 Å². The van der Waals surface area contributed by atoms with Crippen LogP contribution in [0.15, 0.2) is 109 Å². The SMILES string of the molecule is CC/C=C\C/C=C\C/C=C\C/C=C\C/C=C\C/C=C\C/C=C\C/C=C\CCCCCCCCCCC(=O)OC(COC(=O)CCCCCCCCCCCCCCC/C=C\CCCCCCCCCC)COP(=O)(O)OCC[N+](C)(C)C. The average Bonchev–Trinajstić information content (AvgIpc) is 3.46. The second-order valence-corrected chi connectivity index (χ2v) is 24.9. The molecule has 0 aliphatic rings. The van der Waals surface area contributed by atoms with Crippen molar-refractivity contribution in [3.63, 3.8) is 0 Å². The minimum Gasteiger partial charge on any atom is -0.462 e. The number of ether oxygens (including phenoxy) is 2. The number of allylic oxidation sites excluding steroid dienone is 18. The molecule has 0 rings (SSSR count). The van der Waals surface area contributed by atoms with Crippen LogP contribution < -0.4 is 0 Å². The van der Waals surface area contributed by atoms with Gasteiger partial charge in [0.25, 0.3) is 0 Å². The summed E-state index contributed by atoms with van der Waals surface area (Å²) in [6.45, 7) is 4.33. The molecule has 9 nitrogen and oxygen atoms in total. The molecular formula is C72H127NO8P+. The summed E-state index contributed by atoms with van der Waals surface area (Å²) in [7, 11) is 1.47. The fourth-order valence-electron chi connectivity index (χ4n) is 9.15. The van der Waals surface area contributed by atoms with Gasteiger partial charge in [-0.05, 0) is 103 Å². The Morgan fingerprint density at radius 3 is 1.05 bits per heavy atom. The quantitative estimate of drug-likeness (QED) is 0.0211. The van der Waals surface area contributed by atoms with Gasteiger partial charge in [-0.2, -0.15) is 0 Å². The molecule has 0 aromatic heterocycles. The van der Waals surface area contributed by atoms with Gasteiger partial charge in [0, 0.05) is 12.8 Å². The lowest BCUT2D eigenvalue weighted by Gasteiger charge is -2.24. The zero-order chi connectivity index (χ0) is 59.8. The maximum Gasteiger partial charge on any atom is 0.472 e. The molecule has 0 aromatic rings. The summed E-state index contributed by atoms with van der Waals surface area (Å²) >= 11 is 0. The molecule has 1 N–H and O–H groups in total. The van der Waals surface area contributed by atoms with Crippen molar-refractivity contribution in [1.82, 2.24) is 0 Å². The van der Waals surface area contributed by atoms with Gasteiger partial charge < -0.3 is 18.9 Å². The fraction of sp³-hybridized carbons (Fsp3) is 0.722. The van der Waals surface area contributed by atoms with Gasteiger partial charge in [-0.3, -0.25) is 18.6 Å². The largest absolute Gasteiger partial charge is 0.472 e. The van der Waals surface area contributed by atoms with E-state index in [9.17, 15) is 19.0 Å². The fourth-order valence-corrected chi connectivity index (χ4v) is 9.89. The number of likely N-dealkylation sites (N-methyl/N-ethyl adjacent to an activating group) is 1. The van der Waals surface area contributed by atoms with Crippen molar-refractivity contribution in [1.29, 1.82) is 0 Å². The molecule has 0 saturated carbocycles. The summed E-state index contributed by atoms with van der Waals surface area (Å²) in [5, 5.41) is 0. The highest BCUT2D eigenvalue weighted by Crippen LogP contribution is 2.43. The van der Waals surface area contributed by atoms with E-state index in [1.54, 1.807) is 0 Å². The van der Waals surface area contributed by atoms with Crippen molar-refractivity contribution in [2.24, 2.45) is 0 Å². The van der Waals surface area contributed by atoms with E-state index in [-0.39, 0.29) is 32.0 Å². The third-order valence-electron chi connectivity index (χ3n) is 14.3. The molecule has 0 saturated heterocycles. The van der Waals surface area contributed by atoms with E-state index in [4.69, 9.17) is 18.5 Å². The summed E-state index contributed by atoms with van der Waals surface area (Å²) < 4.78 is 34.7. The molecule has 0 radical (unpaired) electrons. The monoisotopic (exact) mass is 1160 g/mol. The van der Waals surface area contributed by atoms with E-state index in [1.165, 1.54) is 154 Å². The van der Waals surface area contributed by atoms with Crippen LogP contribution in [0.3, 0.4) is 0 Å². The standard InChI is InChI=1S/C72H126NO8P/c1-6-8-10-12-14-16-18-20-22-24-26-28-30-32-33-34-35-36-37-38-39-41-43-45-47-49-51-53-55-57-59-61-63-65-72(75)81-70(69-80-82(76,77)79-67-66-73(3,4)5)68-78-71(74)64-62-60-58-56-54-52-50-48-46-44-42-40-31-29-27-25-23-21-19-17-15-13-11-9-7-2/h8,10,14,16,20,22,25-28,32-33,35-36,38-39,43,45,70H,6-7,9,11-13,15,17-19,21,23-24,29-31,34,37,40-42,44,46-69H2,1-5H3/p+1/b10-8-,16-14-,22-20-,27-25-,28-26-,33-32-,36-35-,39-38-,45-43-. The van der Waals surface area contributed by atoms with Crippen LogP contribution in [0.4, 0.5) is 0 Å². The van der Waals surface area contributed by atoms with Crippen LogP contribution in [0.5, 0.6) is 0 Å². The first-order chi connectivity index (χ1) is 40.0. The molecule has 472 valence electrons. The summed E-state index contributed by atoms with van der Waals surface area (Å²) in [5.41, 5.74) is 0. The van der Waals surface area contributed by atoms with Crippen LogP contribution in [0.2, 0.25) is 0 Å². The topological polar surface area (TPSA) is 108 Å². The Balaban J connectivity index is 4.13. The average molecular weight is 1170 g/mol. The molecule has 10 heteroatoms. The first-order valence-electron chi connectivity index (χ1n) is 33.6. The summed E-state index contributed by atoms with van der Waals surface area (Å²) in [4.78, 5) is 35.8. The predicted octanol–water partition coefficient (Wildman–Crippen LogP) is 21.7. The van der Waals surface area contributed by atoms with Gasteiger partial charge in [0.05, 0.1) is 27.7 Å². The van der Waals surface area contributed by atoms with Crippen LogP contribution in [-0.2, 0) is 32.7 Å². The molecule has 0 aliphatic carbocycles. The van der Waals surface area contributed by atoms with E-state index >= 15 is 0 Å². The number of phosphoric acid groups is 1. The minimum atomic E-state index is -4.40. The van der Waals surface area contributed by atoms with Crippen molar-refractivity contribution >= 4 is 19.8 Å². The summed E-state index contributed by atoms with van der Waals surface area (Å²) in [5.74, 6) is -0.805. The molecular weight excluding hydrogens is 1040 g/mol. The summed E-state index contributed by atoms with van der Waals surface area (Å²) in [6.07, 6.45) is 87.5. The molecule has 0 bridgehead atoms. The number of esters is 2. The Bertz CT molecular complexity index is 1750. The second kappa shape index (κ2) is 62.2. The minimum absolute atomic E-state index is 0.0257. The van der Waals surface area contributed by atoms with Crippen molar-refractivity contribution in [3.8, 4) is 0 Å². The summed E-state index contributed by atoms with van der Waals surface area (Å²) in [6, 6.07) is 0. The number of phosphoric ester groups is 1. The molecule has 2 atom stereocenters. The predicted molar refractivity (Wildman–Crippen MR) is 353 cm³/mol. The van der Waals surface area contributed by atoms with Gasteiger partial charge in [-0.15, -0.1) is 0 Å². The van der Waals surface area contributed by atoms with Crippen molar-refractivity contribution in [2.45, 2.75) is 290 Å². The normalized spacial score (nSPS) is 13.9. The Kier molecular flexibility index (Phi) is 59.7. The third kappa shape index (κ3) is 65.8. The zero-order valence-electron chi connectivity index (χ0n) is 53.7. The van der Waals surface area contributed by atoms with Gasteiger partial charge >= 0.3 is 19.8 Å². The number of rotatable bonds is 61. The van der Waals surface area contributed by atoms with Crippen LogP contribution >= 0.6 is 7.82 Å². The van der Waals surface area contributed by atoms with E-state index < -0.39 is 26.5 Å². The van der Waals surface area contributed by atoms with Crippen LogP contribution in [-0.4, -0.2) is 74.9 Å². The molecule has 0 aliphatic heterocycles. The molecule has 0 amide bonds. The highest BCUT2D eigenvalue weighted by molar-refractivity contribution is 7.47. The van der Waals surface area contributed by atoms with E-state index in [1.807, 2.05) is 21.1 Å². The van der Waals surface area contributed by atoms with E-state index in [2.05, 4.69) is 123 Å². The van der Waals surface area contributed by atoms with Gasteiger partial charge in [0.2, 0.25) is 0 Å². The lowest BCUT2D eigenvalue weighted by atomic mass is 10.0. The first-order valence-corrected chi connectivity index (χ1v) is 35.1. The number of hydrogen-bond donors (Lipinski definition) is 1. The van der Waals surface area contributed by atoms with E-state index in [0.717, 1.165) is 96.3 Å². The molecule has 0 fully saturated rings. The third-order valence-corrected chi connectivity index (χ3v) is 15.3. The number of quaternary nitrogens is 1. The van der Waals surface area contributed by atoms with Crippen molar-refractivity contribution < 1.29 is 42.1 Å². The van der Waals surface area contributed by atoms with Gasteiger partial charge in [0.15, 0.2) is 6.10 Å².